The summed E-state index contributed by atoms with van der Waals surface area (Å²) in [7, 11) is 0. The zero-order chi connectivity index (χ0) is 14.5. The number of carboxylic acids is 1. The van der Waals surface area contributed by atoms with Gasteiger partial charge in [0.2, 0.25) is 0 Å². The molecule has 0 saturated heterocycles. The Balaban J connectivity index is 3.00. The lowest BCUT2D eigenvalue weighted by Crippen LogP contribution is -2.44. The molecule has 1 N–H and O–H groups in total. The number of hydrogen-bond acceptors (Lipinski definition) is 3. The highest BCUT2D eigenvalue weighted by atomic mass is 16.5. The topological polar surface area (TPSA) is 63.6 Å². The lowest BCUT2D eigenvalue weighted by molar-refractivity contribution is -0.159. The van der Waals surface area contributed by atoms with Crippen LogP contribution in [0, 0.1) is 0 Å². The van der Waals surface area contributed by atoms with E-state index in [1.54, 1.807) is 38.1 Å². The molecule has 4 nitrogen and oxygen atoms in total. The minimum absolute atomic E-state index is 0.300. The molecule has 0 aliphatic heterocycles. The SMILES string of the molecule is CCCC(=O)OC(C)C(C)(C(=O)O)c1ccccc1. The van der Waals surface area contributed by atoms with E-state index in [-0.39, 0.29) is 5.97 Å². The lowest BCUT2D eigenvalue weighted by Gasteiger charge is -2.31. The molecule has 0 aliphatic rings. The standard InChI is InChI=1S/C15H20O4/c1-4-8-13(16)19-11(2)15(3,14(17)18)12-9-6-5-7-10-12/h5-7,9-11H,4,8H2,1-3H3,(H,17,18). The van der Waals surface area contributed by atoms with E-state index in [0.717, 1.165) is 0 Å². The molecule has 1 aromatic carbocycles. The molecule has 19 heavy (non-hydrogen) atoms. The van der Waals surface area contributed by atoms with Gasteiger partial charge in [-0.3, -0.25) is 9.59 Å². The fraction of sp³-hybridized carbons (Fsp3) is 0.467. The number of ether oxygens (including phenoxy) is 1. The predicted octanol–water partition coefficient (Wildman–Crippen LogP) is 2.76. The first kappa shape index (κ1) is 15.2. The van der Waals surface area contributed by atoms with Crippen molar-refractivity contribution in [2.24, 2.45) is 0 Å². The van der Waals surface area contributed by atoms with E-state index in [0.29, 0.717) is 18.4 Å². The van der Waals surface area contributed by atoms with Crippen LogP contribution in [-0.4, -0.2) is 23.1 Å². The quantitative estimate of drug-likeness (QED) is 0.802. The minimum Gasteiger partial charge on any atom is -0.480 e. The largest absolute Gasteiger partial charge is 0.480 e. The molecular weight excluding hydrogens is 244 g/mol. The summed E-state index contributed by atoms with van der Waals surface area (Å²) in [5.74, 6) is -1.37. The Labute approximate surface area is 113 Å². The highest BCUT2D eigenvalue weighted by Gasteiger charge is 2.43. The maximum atomic E-state index is 11.6. The average molecular weight is 264 g/mol. The average Bonchev–Trinajstić information content (AvgIpc) is 2.38. The molecule has 0 aliphatic carbocycles. The van der Waals surface area contributed by atoms with E-state index in [9.17, 15) is 14.7 Å². The van der Waals surface area contributed by atoms with Crippen molar-refractivity contribution >= 4 is 11.9 Å². The highest BCUT2D eigenvalue weighted by molar-refractivity contribution is 5.82. The molecule has 0 radical (unpaired) electrons. The summed E-state index contributed by atoms with van der Waals surface area (Å²) in [5.41, 5.74) is -0.621. The second-order valence-electron chi connectivity index (χ2n) is 4.76. The lowest BCUT2D eigenvalue weighted by atomic mass is 9.78. The van der Waals surface area contributed by atoms with E-state index in [4.69, 9.17) is 4.74 Å². The van der Waals surface area contributed by atoms with Gasteiger partial charge in [-0.1, -0.05) is 37.3 Å². The van der Waals surface area contributed by atoms with Gasteiger partial charge >= 0.3 is 11.9 Å². The van der Waals surface area contributed by atoms with E-state index >= 15 is 0 Å². The van der Waals surface area contributed by atoms with E-state index in [2.05, 4.69) is 0 Å². The van der Waals surface area contributed by atoms with Crippen LogP contribution in [0.3, 0.4) is 0 Å². The molecule has 4 heteroatoms. The van der Waals surface area contributed by atoms with Gasteiger partial charge in [-0.2, -0.15) is 0 Å². The normalized spacial score (nSPS) is 15.3. The summed E-state index contributed by atoms with van der Waals surface area (Å²) in [6.07, 6.45) is 0.252. The molecule has 0 fully saturated rings. The summed E-state index contributed by atoms with van der Waals surface area (Å²) in [4.78, 5) is 23.2. The van der Waals surface area contributed by atoms with Crippen LogP contribution >= 0.6 is 0 Å². The van der Waals surface area contributed by atoms with Crippen LogP contribution in [0.1, 0.15) is 39.2 Å². The van der Waals surface area contributed by atoms with E-state index in [1.165, 1.54) is 0 Å². The summed E-state index contributed by atoms with van der Waals surface area (Å²) in [5, 5.41) is 9.51. The van der Waals surface area contributed by atoms with E-state index < -0.39 is 17.5 Å². The van der Waals surface area contributed by atoms with Crippen molar-refractivity contribution in [1.29, 1.82) is 0 Å². The number of rotatable bonds is 6. The van der Waals surface area contributed by atoms with Gasteiger partial charge in [-0.25, -0.2) is 0 Å². The van der Waals surface area contributed by atoms with Crippen LogP contribution in [0.5, 0.6) is 0 Å². The number of benzene rings is 1. The number of aliphatic carboxylic acids is 1. The van der Waals surface area contributed by atoms with Gasteiger partial charge in [0.15, 0.2) is 0 Å². The smallest absolute Gasteiger partial charge is 0.317 e. The van der Waals surface area contributed by atoms with Gasteiger partial charge in [0.1, 0.15) is 11.5 Å². The first-order valence-electron chi connectivity index (χ1n) is 6.41. The molecule has 2 atom stereocenters. The van der Waals surface area contributed by atoms with Crippen LogP contribution in [0.4, 0.5) is 0 Å². The molecule has 0 aromatic heterocycles. The van der Waals surface area contributed by atoms with E-state index in [1.807, 2.05) is 13.0 Å². The Hall–Kier alpha value is -1.84. The van der Waals surface area contributed by atoms with Crippen molar-refractivity contribution in [2.75, 3.05) is 0 Å². The van der Waals surface area contributed by atoms with Gasteiger partial charge in [0.25, 0.3) is 0 Å². The van der Waals surface area contributed by atoms with Crippen LogP contribution in [0.25, 0.3) is 0 Å². The molecule has 0 amide bonds. The van der Waals surface area contributed by atoms with Crippen molar-refractivity contribution in [1.82, 2.24) is 0 Å². The monoisotopic (exact) mass is 264 g/mol. The zero-order valence-electron chi connectivity index (χ0n) is 11.6. The minimum atomic E-state index is -1.25. The first-order valence-corrected chi connectivity index (χ1v) is 6.41. The molecule has 1 aromatic rings. The third kappa shape index (κ3) is 3.34. The molecular formula is C15H20O4. The number of esters is 1. The Kier molecular flexibility index (Phi) is 5.10. The molecule has 104 valence electrons. The molecule has 2 unspecified atom stereocenters. The Bertz CT molecular complexity index is 441. The summed E-state index contributed by atoms with van der Waals surface area (Å²) >= 11 is 0. The Morgan fingerprint density at radius 1 is 1.32 bits per heavy atom. The molecule has 0 bridgehead atoms. The van der Waals surface area contributed by atoms with Crippen LogP contribution in [-0.2, 0) is 19.7 Å². The third-order valence-electron chi connectivity index (χ3n) is 3.39. The van der Waals surface area contributed by atoms with Gasteiger partial charge in [0, 0.05) is 6.42 Å². The van der Waals surface area contributed by atoms with Gasteiger partial charge < -0.3 is 9.84 Å². The Morgan fingerprint density at radius 3 is 2.37 bits per heavy atom. The van der Waals surface area contributed by atoms with Crippen molar-refractivity contribution < 1.29 is 19.4 Å². The fourth-order valence-corrected chi connectivity index (χ4v) is 1.89. The number of carboxylic acid groups (broad SMARTS) is 1. The summed E-state index contributed by atoms with van der Waals surface area (Å²) < 4.78 is 5.25. The Morgan fingerprint density at radius 2 is 1.89 bits per heavy atom. The van der Waals surface area contributed by atoms with Gasteiger partial charge in [-0.15, -0.1) is 0 Å². The van der Waals surface area contributed by atoms with Gasteiger partial charge in [0.05, 0.1) is 0 Å². The third-order valence-corrected chi connectivity index (χ3v) is 3.39. The van der Waals surface area contributed by atoms with Crippen molar-refractivity contribution in [3.05, 3.63) is 35.9 Å². The predicted molar refractivity (Wildman–Crippen MR) is 71.9 cm³/mol. The second-order valence-corrected chi connectivity index (χ2v) is 4.76. The number of carbonyl (C=O) groups excluding carboxylic acids is 1. The number of hydrogen-bond donors (Lipinski definition) is 1. The highest BCUT2D eigenvalue weighted by Crippen LogP contribution is 2.30. The van der Waals surface area contributed by atoms with Gasteiger partial charge in [-0.05, 0) is 25.8 Å². The number of carbonyl (C=O) groups is 2. The fourth-order valence-electron chi connectivity index (χ4n) is 1.89. The first-order chi connectivity index (χ1) is 8.92. The zero-order valence-corrected chi connectivity index (χ0v) is 11.6. The maximum Gasteiger partial charge on any atom is 0.317 e. The molecule has 1 rings (SSSR count). The van der Waals surface area contributed by atoms with Crippen LogP contribution < -0.4 is 0 Å². The van der Waals surface area contributed by atoms with Crippen molar-refractivity contribution in [2.45, 2.75) is 45.1 Å². The summed E-state index contributed by atoms with van der Waals surface area (Å²) in [6.45, 7) is 5.07. The maximum absolute atomic E-state index is 11.6. The summed E-state index contributed by atoms with van der Waals surface area (Å²) in [6, 6.07) is 8.84. The van der Waals surface area contributed by atoms with Crippen LogP contribution in [0.2, 0.25) is 0 Å². The van der Waals surface area contributed by atoms with Crippen molar-refractivity contribution in [3.8, 4) is 0 Å². The van der Waals surface area contributed by atoms with Crippen molar-refractivity contribution in [3.63, 3.8) is 0 Å². The molecule has 0 saturated carbocycles. The second kappa shape index (κ2) is 6.36. The molecule has 0 heterocycles. The molecule has 0 spiro atoms. The van der Waals surface area contributed by atoms with Crippen LogP contribution in [0.15, 0.2) is 30.3 Å².